The molecule has 0 atom stereocenters. The Morgan fingerprint density at radius 1 is 1.05 bits per heavy atom. The number of aromatic nitrogens is 1. The molecular weight excluding hydrogens is 276 g/mol. The summed E-state index contributed by atoms with van der Waals surface area (Å²) in [7, 11) is 0. The lowest BCUT2D eigenvalue weighted by atomic mass is 10.2. The Morgan fingerprint density at radius 3 is 2.71 bits per heavy atom. The van der Waals surface area contributed by atoms with Crippen molar-refractivity contribution in [3.63, 3.8) is 0 Å². The van der Waals surface area contributed by atoms with Crippen molar-refractivity contribution < 1.29 is 0 Å². The second kappa shape index (κ2) is 6.83. The molecule has 0 aliphatic rings. The minimum atomic E-state index is 0.928. The summed E-state index contributed by atoms with van der Waals surface area (Å²) in [6, 6.07) is 19.2. The molecule has 0 amide bonds. The molecule has 2 N–H and O–H groups in total. The van der Waals surface area contributed by atoms with Gasteiger partial charge in [0.1, 0.15) is 0 Å². The van der Waals surface area contributed by atoms with Gasteiger partial charge in [-0.1, -0.05) is 55.1 Å². The van der Waals surface area contributed by atoms with Crippen molar-refractivity contribution in [2.45, 2.75) is 29.8 Å². The number of H-pyrrole nitrogens is 1. The lowest BCUT2D eigenvalue weighted by Gasteiger charge is -2.09. The SMILES string of the molecule is CCCNCc1ccccc1Sc1cc2ccccc2[nH]1. The predicted molar refractivity (Wildman–Crippen MR) is 90.9 cm³/mol. The van der Waals surface area contributed by atoms with Crippen LogP contribution in [-0.4, -0.2) is 11.5 Å². The number of aromatic amines is 1. The molecule has 0 aliphatic carbocycles. The molecule has 1 aromatic heterocycles. The van der Waals surface area contributed by atoms with Crippen LogP contribution in [0.2, 0.25) is 0 Å². The van der Waals surface area contributed by atoms with Gasteiger partial charge in [-0.3, -0.25) is 0 Å². The Kier molecular flexibility index (Phi) is 4.63. The summed E-state index contributed by atoms with van der Waals surface area (Å²) in [4.78, 5) is 4.79. The highest BCUT2D eigenvalue weighted by atomic mass is 32.2. The predicted octanol–water partition coefficient (Wildman–Crippen LogP) is 4.82. The molecule has 0 spiro atoms. The van der Waals surface area contributed by atoms with Gasteiger partial charge in [0.05, 0.1) is 5.03 Å². The Hall–Kier alpha value is -1.71. The van der Waals surface area contributed by atoms with Crippen LogP contribution in [0.5, 0.6) is 0 Å². The summed E-state index contributed by atoms with van der Waals surface area (Å²) in [6.07, 6.45) is 1.16. The number of rotatable bonds is 6. The number of para-hydroxylation sites is 1. The number of benzene rings is 2. The topological polar surface area (TPSA) is 27.8 Å². The maximum Gasteiger partial charge on any atom is 0.0780 e. The molecule has 108 valence electrons. The molecule has 0 saturated heterocycles. The van der Waals surface area contributed by atoms with Gasteiger partial charge < -0.3 is 10.3 Å². The highest BCUT2D eigenvalue weighted by Gasteiger charge is 2.06. The Morgan fingerprint density at radius 2 is 1.86 bits per heavy atom. The van der Waals surface area contributed by atoms with Gasteiger partial charge in [-0.05, 0) is 36.7 Å². The van der Waals surface area contributed by atoms with Crippen LogP contribution >= 0.6 is 11.8 Å². The summed E-state index contributed by atoms with van der Waals surface area (Å²) in [6.45, 7) is 4.18. The maximum absolute atomic E-state index is 3.48. The van der Waals surface area contributed by atoms with Crippen LogP contribution in [0, 0.1) is 0 Å². The molecule has 3 heteroatoms. The maximum atomic E-state index is 3.48. The Balaban J connectivity index is 1.80. The normalized spacial score (nSPS) is 11.1. The lowest BCUT2D eigenvalue weighted by molar-refractivity contribution is 0.669. The van der Waals surface area contributed by atoms with Crippen LogP contribution in [-0.2, 0) is 6.54 Å². The van der Waals surface area contributed by atoms with Crippen LogP contribution in [0.4, 0.5) is 0 Å². The van der Waals surface area contributed by atoms with E-state index in [-0.39, 0.29) is 0 Å². The van der Waals surface area contributed by atoms with Crippen LogP contribution in [0.15, 0.2) is 64.5 Å². The number of nitrogens with one attached hydrogen (secondary N) is 2. The summed E-state index contributed by atoms with van der Waals surface area (Å²) < 4.78 is 0. The highest BCUT2D eigenvalue weighted by Crippen LogP contribution is 2.31. The third-order valence-corrected chi connectivity index (χ3v) is 4.50. The van der Waals surface area contributed by atoms with Gasteiger partial charge in [0.25, 0.3) is 0 Å². The Bertz CT molecular complexity index is 685. The van der Waals surface area contributed by atoms with Gasteiger partial charge in [-0.15, -0.1) is 0 Å². The minimum absolute atomic E-state index is 0.928. The summed E-state index contributed by atoms with van der Waals surface area (Å²) in [5.74, 6) is 0. The first kappa shape index (κ1) is 14.2. The first-order valence-corrected chi connectivity index (χ1v) is 8.22. The van der Waals surface area contributed by atoms with E-state index < -0.39 is 0 Å². The standard InChI is InChI=1S/C18H20N2S/c1-2-11-19-13-15-8-4-6-10-17(15)21-18-12-14-7-3-5-9-16(14)20-18/h3-10,12,19-20H,2,11,13H2,1H3. The monoisotopic (exact) mass is 296 g/mol. The fourth-order valence-electron chi connectivity index (χ4n) is 2.37. The zero-order valence-corrected chi connectivity index (χ0v) is 13.0. The van der Waals surface area contributed by atoms with Crippen molar-refractivity contribution in [2.75, 3.05) is 6.54 Å². The van der Waals surface area contributed by atoms with Crippen molar-refractivity contribution >= 4 is 22.7 Å². The van der Waals surface area contributed by atoms with Crippen LogP contribution in [0.3, 0.4) is 0 Å². The molecule has 0 radical (unpaired) electrons. The largest absolute Gasteiger partial charge is 0.349 e. The molecule has 3 aromatic rings. The van der Waals surface area contributed by atoms with Crippen molar-refractivity contribution in [3.8, 4) is 0 Å². The fourth-order valence-corrected chi connectivity index (χ4v) is 3.37. The zero-order chi connectivity index (χ0) is 14.5. The van der Waals surface area contributed by atoms with E-state index in [2.05, 4.69) is 71.8 Å². The minimum Gasteiger partial charge on any atom is -0.349 e. The highest BCUT2D eigenvalue weighted by molar-refractivity contribution is 7.99. The van der Waals surface area contributed by atoms with Gasteiger partial charge in [-0.2, -0.15) is 0 Å². The smallest absolute Gasteiger partial charge is 0.0780 e. The molecule has 1 heterocycles. The molecule has 3 rings (SSSR count). The third kappa shape index (κ3) is 3.49. The molecule has 2 nitrogen and oxygen atoms in total. The number of hydrogen-bond acceptors (Lipinski definition) is 2. The molecular formula is C18H20N2S. The molecule has 0 saturated carbocycles. The van der Waals surface area contributed by atoms with Crippen molar-refractivity contribution in [3.05, 3.63) is 60.2 Å². The van der Waals surface area contributed by atoms with E-state index >= 15 is 0 Å². The van der Waals surface area contributed by atoms with E-state index in [0.717, 1.165) is 19.5 Å². The fraction of sp³-hybridized carbons (Fsp3) is 0.222. The van der Waals surface area contributed by atoms with Gasteiger partial charge in [-0.25, -0.2) is 0 Å². The number of fused-ring (bicyclic) bond motifs is 1. The van der Waals surface area contributed by atoms with E-state index in [0.29, 0.717) is 0 Å². The second-order valence-electron chi connectivity index (χ2n) is 5.11. The molecule has 0 unspecified atom stereocenters. The lowest BCUT2D eigenvalue weighted by Crippen LogP contribution is -2.14. The average molecular weight is 296 g/mol. The first-order valence-electron chi connectivity index (χ1n) is 7.41. The van der Waals surface area contributed by atoms with Crippen molar-refractivity contribution in [1.82, 2.24) is 10.3 Å². The van der Waals surface area contributed by atoms with E-state index in [1.54, 1.807) is 11.8 Å². The van der Waals surface area contributed by atoms with Gasteiger partial charge in [0, 0.05) is 22.3 Å². The quantitative estimate of drug-likeness (QED) is 0.638. The second-order valence-corrected chi connectivity index (χ2v) is 6.19. The van der Waals surface area contributed by atoms with Crippen molar-refractivity contribution in [1.29, 1.82) is 0 Å². The van der Waals surface area contributed by atoms with Crippen molar-refractivity contribution in [2.24, 2.45) is 0 Å². The van der Waals surface area contributed by atoms with E-state index in [1.165, 1.54) is 26.4 Å². The number of hydrogen-bond donors (Lipinski definition) is 2. The molecule has 0 fully saturated rings. The summed E-state index contributed by atoms with van der Waals surface area (Å²) in [5, 5.41) is 5.94. The van der Waals surface area contributed by atoms with Crippen LogP contribution in [0.25, 0.3) is 10.9 Å². The van der Waals surface area contributed by atoms with E-state index in [4.69, 9.17) is 0 Å². The first-order chi connectivity index (χ1) is 10.4. The van der Waals surface area contributed by atoms with Gasteiger partial charge in [0.15, 0.2) is 0 Å². The van der Waals surface area contributed by atoms with Gasteiger partial charge >= 0.3 is 0 Å². The molecule has 2 aromatic carbocycles. The summed E-state index contributed by atoms with van der Waals surface area (Å²) >= 11 is 1.80. The average Bonchev–Trinajstić information content (AvgIpc) is 2.91. The molecule has 0 aliphatic heterocycles. The summed E-state index contributed by atoms with van der Waals surface area (Å²) in [5.41, 5.74) is 2.55. The van der Waals surface area contributed by atoms with Crippen LogP contribution in [0.1, 0.15) is 18.9 Å². The third-order valence-electron chi connectivity index (χ3n) is 3.44. The van der Waals surface area contributed by atoms with Gasteiger partial charge in [0.2, 0.25) is 0 Å². The zero-order valence-electron chi connectivity index (χ0n) is 12.2. The molecule has 0 bridgehead atoms. The molecule has 21 heavy (non-hydrogen) atoms. The van der Waals surface area contributed by atoms with E-state index in [1.807, 2.05) is 0 Å². The van der Waals surface area contributed by atoms with E-state index in [9.17, 15) is 0 Å². The Labute approximate surface area is 130 Å². The van der Waals surface area contributed by atoms with Crippen LogP contribution < -0.4 is 5.32 Å².